The summed E-state index contributed by atoms with van der Waals surface area (Å²) >= 11 is 0. The van der Waals surface area contributed by atoms with Crippen LogP contribution in [0.3, 0.4) is 0 Å². The highest BCUT2D eigenvalue weighted by molar-refractivity contribution is 4.99. The number of rotatable bonds is 17. The maximum Gasteiger partial charge on any atom is 0.0824 e. The average molecular weight is 309 g/mol. The lowest BCUT2D eigenvalue weighted by molar-refractivity contribution is 0.338. The SMILES string of the molecule is CCCCCCCCCCCCCCCC/C=C/C=C/OC. The molecule has 0 aromatic rings. The summed E-state index contributed by atoms with van der Waals surface area (Å²) in [6.45, 7) is 2.29. The highest BCUT2D eigenvalue weighted by Crippen LogP contribution is 2.13. The van der Waals surface area contributed by atoms with Crippen LogP contribution in [0.25, 0.3) is 0 Å². The molecule has 0 amide bonds. The second-order valence-electron chi connectivity index (χ2n) is 6.38. The van der Waals surface area contributed by atoms with Crippen LogP contribution < -0.4 is 0 Å². The smallest absolute Gasteiger partial charge is 0.0824 e. The molecule has 0 saturated heterocycles. The first-order valence-corrected chi connectivity index (χ1v) is 9.76. The summed E-state index contributed by atoms with van der Waals surface area (Å²) in [6.07, 6.45) is 29.2. The van der Waals surface area contributed by atoms with Crippen LogP contribution in [-0.2, 0) is 4.74 Å². The molecule has 22 heavy (non-hydrogen) atoms. The first-order chi connectivity index (χ1) is 10.9. The third kappa shape index (κ3) is 19.3. The van der Waals surface area contributed by atoms with Gasteiger partial charge in [0.15, 0.2) is 0 Å². The molecule has 0 aliphatic heterocycles. The monoisotopic (exact) mass is 308 g/mol. The maximum atomic E-state index is 4.84. The third-order valence-electron chi connectivity index (χ3n) is 4.19. The van der Waals surface area contributed by atoms with E-state index in [2.05, 4.69) is 19.1 Å². The van der Waals surface area contributed by atoms with Gasteiger partial charge in [0.05, 0.1) is 13.4 Å². The average Bonchev–Trinajstić information content (AvgIpc) is 2.54. The molecule has 0 heterocycles. The summed E-state index contributed by atoms with van der Waals surface area (Å²) in [5.74, 6) is 0. The summed E-state index contributed by atoms with van der Waals surface area (Å²) in [5.41, 5.74) is 0. The Morgan fingerprint density at radius 3 is 1.50 bits per heavy atom. The van der Waals surface area contributed by atoms with Gasteiger partial charge in [0.25, 0.3) is 0 Å². The Bertz CT molecular complexity index is 242. The number of hydrogen-bond donors (Lipinski definition) is 0. The van der Waals surface area contributed by atoms with Gasteiger partial charge in [-0.2, -0.15) is 0 Å². The molecule has 0 aliphatic rings. The lowest BCUT2D eigenvalue weighted by atomic mass is 10.0. The predicted molar refractivity (Wildman–Crippen MR) is 100 cm³/mol. The van der Waals surface area contributed by atoms with Crippen molar-refractivity contribution in [2.75, 3.05) is 7.11 Å². The van der Waals surface area contributed by atoms with Crippen molar-refractivity contribution in [3.8, 4) is 0 Å². The fraction of sp³-hybridized carbons (Fsp3) is 0.810. The molecule has 0 spiro atoms. The number of allylic oxidation sites excluding steroid dienone is 3. The molecule has 0 aromatic carbocycles. The van der Waals surface area contributed by atoms with E-state index in [1.807, 2.05) is 6.08 Å². The minimum atomic E-state index is 1.20. The van der Waals surface area contributed by atoms with Gasteiger partial charge in [-0.05, 0) is 18.9 Å². The van der Waals surface area contributed by atoms with E-state index in [0.29, 0.717) is 0 Å². The van der Waals surface area contributed by atoms with E-state index in [4.69, 9.17) is 4.74 Å². The van der Waals surface area contributed by atoms with Crippen LogP contribution in [0, 0.1) is 0 Å². The fourth-order valence-electron chi connectivity index (χ4n) is 2.76. The van der Waals surface area contributed by atoms with Crippen molar-refractivity contribution in [1.82, 2.24) is 0 Å². The summed E-state index contributed by atoms with van der Waals surface area (Å²) in [4.78, 5) is 0. The van der Waals surface area contributed by atoms with Gasteiger partial charge in [-0.25, -0.2) is 0 Å². The largest absolute Gasteiger partial charge is 0.504 e. The van der Waals surface area contributed by atoms with Gasteiger partial charge in [-0.1, -0.05) is 103 Å². The van der Waals surface area contributed by atoms with Gasteiger partial charge in [-0.3, -0.25) is 0 Å². The van der Waals surface area contributed by atoms with Gasteiger partial charge < -0.3 is 4.74 Å². The van der Waals surface area contributed by atoms with Crippen LogP contribution in [0.5, 0.6) is 0 Å². The van der Waals surface area contributed by atoms with E-state index in [9.17, 15) is 0 Å². The van der Waals surface area contributed by atoms with Gasteiger partial charge >= 0.3 is 0 Å². The van der Waals surface area contributed by atoms with Crippen molar-refractivity contribution in [2.45, 2.75) is 103 Å². The molecule has 0 N–H and O–H groups in total. The molecule has 0 fully saturated rings. The molecule has 0 unspecified atom stereocenters. The Kier molecular flexibility index (Phi) is 19.6. The van der Waals surface area contributed by atoms with E-state index in [1.165, 1.54) is 96.3 Å². The summed E-state index contributed by atoms with van der Waals surface area (Å²) in [5, 5.41) is 0. The Balaban J connectivity index is 3.02. The number of ether oxygens (including phenoxy) is 1. The molecule has 1 nitrogen and oxygen atoms in total. The molecule has 0 radical (unpaired) electrons. The van der Waals surface area contributed by atoms with Gasteiger partial charge in [0, 0.05) is 0 Å². The van der Waals surface area contributed by atoms with Crippen LogP contribution >= 0.6 is 0 Å². The topological polar surface area (TPSA) is 9.23 Å². The predicted octanol–water partition coefficient (Wildman–Crippen LogP) is 7.57. The molecular formula is C21H40O. The van der Waals surface area contributed by atoms with Crippen molar-refractivity contribution < 1.29 is 4.74 Å². The minimum Gasteiger partial charge on any atom is -0.504 e. The molecule has 0 rings (SSSR count). The molecule has 0 aliphatic carbocycles. The standard InChI is InChI=1S/C21H40O/c1-3-4-5-6-7-8-9-10-11-12-13-14-15-16-17-18-19-20-21-22-2/h18-21H,3-17H2,1-2H3/b19-18+,21-20+. The summed E-state index contributed by atoms with van der Waals surface area (Å²) < 4.78 is 4.84. The first-order valence-electron chi connectivity index (χ1n) is 9.76. The van der Waals surface area contributed by atoms with E-state index >= 15 is 0 Å². The molecule has 130 valence electrons. The van der Waals surface area contributed by atoms with Crippen molar-refractivity contribution in [2.24, 2.45) is 0 Å². The molecule has 0 saturated carbocycles. The Labute approximate surface area is 140 Å². The van der Waals surface area contributed by atoms with Crippen molar-refractivity contribution >= 4 is 0 Å². The van der Waals surface area contributed by atoms with E-state index < -0.39 is 0 Å². The van der Waals surface area contributed by atoms with Crippen molar-refractivity contribution in [1.29, 1.82) is 0 Å². The van der Waals surface area contributed by atoms with E-state index in [1.54, 1.807) is 13.4 Å². The number of methoxy groups -OCH3 is 1. The highest BCUT2D eigenvalue weighted by atomic mass is 16.5. The second-order valence-corrected chi connectivity index (χ2v) is 6.38. The number of unbranched alkanes of at least 4 members (excludes halogenated alkanes) is 14. The molecule has 0 atom stereocenters. The van der Waals surface area contributed by atoms with E-state index in [-0.39, 0.29) is 0 Å². The van der Waals surface area contributed by atoms with Crippen molar-refractivity contribution in [3.05, 3.63) is 24.5 Å². The maximum absolute atomic E-state index is 4.84. The molecule has 0 bridgehead atoms. The summed E-state index contributed by atoms with van der Waals surface area (Å²) in [7, 11) is 1.68. The second kappa shape index (κ2) is 20.3. The normalized spacial score (nSPS) is 11.7. The Morgan fingerprint density at radius 2 is 1.05 bits per heavy atom. The lowest BCUT2D eigenvalue weighted by Crippen LogP contribution is -1.83. The zero-order valence-corrected chi connectivity index (χ0v) is 15.3. The Morgan fingerprint density at radius 1 is 0.591 bits per heavy atom. The van der Waals surface area contributed by atoms with Gasteiger partial charge in [0.1, 0.15) is 0 Å². The fourth-order valence-corrected chi connectivity index (χ4v) is 2.76. The van der Waals surface area contributed by atoms with Crippen molar-refractivity contribution in [3.63, 3.8) is 0 Å². The zero-order chi connectivity index (χ0) is 16.1. The third-order valence-corrected chi connectivity index (χ3v) is 4.19. The lowest BCUT2D eigenvalue weighted by Gasteiger charge is -2.02. The van der Waals surface area contributed by atoms with E-state index in [0.717, 1.165) is 0 Å². The van der Waals surface area contributed by atoms with Gasteiger partial charge in [-0.15, -0.1) is 0 Å². The Hall–Kier alpha value is -0.720. The van der Waals surface area contributed by atoms with Crippen LogP contribution in [0.1, 0.15) is 103 Å². The minimum absolute atomic E-state index is 1.20. The molecular weight excluding hydrogens is 268 g/mol. The number of hydrogen-bond acceptors (Lipinski definition) is 1. The summed E-state index contributed by atoms with van der Waals surface area (Å²) in [6, 6.07) is 0. The highest BCUT2D eigenvalue weighted by Gasteiger charge is 1.93. The van der Waals surface area contributed by atoms with Gasteiger partial charge in [0.2, 0.25) is 0 Å². The van der Waals surface area contributed by atoms with Crippen LogP contribution in [0.4, 0.5) is 0 Å². The van der Waals surface area contributed by atoms with Crippen LogP contribution in [0.15, 0.2) is 24.5 Å². The first kappa shape index (κ1) is 21.3. The zero-order valence-electron chi connectivity index (χ0n) is 15.3. The molecule has 0 aromatic heterocycles. The quantitative estimate of drug-likeness (QED) is 0.153. The molecule has 1 heteroatoms. The van der Waals surface area contributed by atoms with Crippen LogP contribution in [0.2, 0.25) is 0 Å². The van der Waals surface area contributed by atoms with Crippen LogP contribution in [-0.4, -0.2) is 7.11 Å².